The van der Waals surface area contributed by atoms with Gasteiger partial charge in [-0.15, -0.1) is 11.3 Å². The Bertz CT molecular complexity index is 1700. The normalized spacial score (nSPS) is 13.8. The molecule has 13 nitrogen and oxygen atoms in total. The summed E-state index contributed by atoms with van der Waals surface area (Å²) in [5.41, 5.74) is 3.65. The smallest absolute Gasteiger partial charge is 0.251 e. The molecule has 0 unspecified atom stereocenters. The van der Waals surface area contributed by atoms with Crippen molar-refractivity contribution in [2.24, 2.45) is 5.92 Å². The zero-order chi connectivity index (χ0) is 37.0. The summed E-state index contributed by atoms with van der Waals surface area (Å²) in [5.74, 6) is -1.79. The van der Waals surface area contributed by atoms with Gasteiger partial charge in [0.25, 0.3) is 11.8 Å². The van der Waals surface area contributed by atoms with Gasteiger partial charge in [-0.2, -0.15) is 0 Å². The molecule has 3 aromatic rings. The van der Waals surface area contributed by atoms with Gasteiger partial charge in [0.15, 0.2) is 0 Å². The number of thiazole rings is 1. The Morgan fingerprint density at radius 1 is 0.900 bits per heavy atom. The number of benzene rings is 2. The molecule has 2 aromatic carbocycles. The van der Waals surface area contributed by atoms with Crippen LogP contribution >= 0.6 is 11.3 Å². The second-order valence-corrected chi connectivity index (χ2v) is 15.2. The van der Waals surface area contributed by atoms with E-state index in [-0.39, 0.29) is 47.1 Å². The number of carbonyl (C=O) groups is 4. The van der Waals surface area contributed by atoms with Crippen molar-refractivity contribution in [1.29, 1.82) is 0 Å². The molecule has 0 saturated carbocycles. The lowest BCUT2D eigenvalue weighted by molar-refractivity contribution is -0.130. The fraction of sp³-hybridized carbons (Fsp3) is 0.457. The van der Waals surface area contributed by atoms with E-state index in [1.54, 1.807) is 12.4 Å². The largest absolute Gasteiger partial charge is 0.355 e. The molecule has 3 rings (SSSR count). The molecule has 15 heteroatoms. The van der Waals surface area contributed by atoms with Crippen molar-refractivity contribution in [2.75, 3.05) is 30.7 Å². The van der Waals surface area contributed by atoms with Gasteiger partial charge in [0.2, 0.25) is 21.8 Å². The van der Waals surface area contributed by atoms with Crippen molar-refractivity contribution >= 4 is 50.7 Å². The number of nitrogens with zero attached hydrogens (tertiary/aromatic N) is 2. The Balaban J connectivity index is 1.86. The van der Waals surface area contributed by atoms with Crippen molar-refractivity contribution in [3.05, 3.63) is 81.8 Å². The van der Waals surface area contributed by atoms with Crippen molar-refractivity contribution in [2.45, 2.75) is 71.6 Å². The van der Waals surface area contributed by atoms with E-state index in [0.717, 1.165) is 21.8 Å². The minimum absolute atomic E-state index is 0.0756. The highest BCUT2D eigenvalue weighted by Gasteiger charge is 2.27. The first kappa shape index (κ1) is 40.1. The maximum Gasteiger partial charge on any atom is 0.251 e. The number of likely N-dealkylation sites (N-methyl/N-ethyl adjacent to an activating group) is 1. The van der Waals surface area contributed by atoms with Gasteiger partial charge in [0, 0.05) is 49.1 Å². The van der Waals surface area contributed by atoms with E-state index in [2.05, 4.69) is 31.6 Å². The number of anilines is 1. The molecule has 1 aromatic heterocycles. The van der Waals surface area contributed by atoms with Crippen molar-refractivity contribution in [3.8, 4) is 0 Å². The van der Waals surface area contributed by atoms with E-state index < -0.39 is 40.0 Å². The van der Waals surface area contributed by atoms with E-state index >= 15 is 0 Å². The second kappa shape index (κ2) is 18.6. The Hall–Kier alpha value is -4.34. The maximum absolute atomic E-state index is 13.8. The molecule has 0 radical (unpaired) electrons. The van der Waals surface area contributed by atoms with Crippen LogP contribution in [0.3, 0.4) is 0 Å². The van der Waals surface area contributed by atoms with Crippen molar-refractivity contribution in [1.82, 2.24) is 31.6 Å². The summed E-state index contributed by atoms with van der Waals surface area (Å²) < 4.78 is 26.0. The Kier molecular flexibility index (Phi) is 14.9. The maximum atomic E-state index is 13.8. The SMILES string of the molecule is CCNC(=O)[C@@H](NC(=O)[C@H](C)NC[C@H](Cc1cscn1)NC(=O)c1cc(C(=O)N[C@H](CC)c2ccccc2)cc(N(C)S(C)(=O)=O)c1)C(C)C. The van der Waals surface area contributed by atoms with Gasteiger partial charge in [0.05, 0.1) is 35.2 Å². The van der Waals surface area contributed by atoms with Crippen LogP contribution in [0.4, 0.5) is 5.69 Å². The summed E-state index contributed by atoms with van der Waals surface area (Å²) in [6.07, 6.45) is 1.97. The molecule has 1 heterocycles. The number of carbonyl (C=O) groups excluding carboxylic acids is 4. The predicted octanol–water partition coefficient (Wildman–Crippen LogP) is 3.02. The number of rotatable bonds is 18. The molecule has 0 aliphatic heterocycles. The van der Waals surface area contributed by atoms with Gasteiger partial charge in [0.1, 0.15) is 6.04 Å². The molecule has 0 aliphatic rings. The highest BCUT2D eigenvalue weighted by Crippen LogP contribution is 2.23. The summed E-state index contributed by atoms with van der Waals surface area (Å²) in [4.78, 5) is 57.3. The molecule has 0 aliphatic carbocycles. The van der Waals surface area contributed by atoms with E-state index in [0.29, 0.717) is 19.4 Å². The fourth-order valence-electron chi connectivity index (χ4n) is 5.14. The van der Waals surface area contributed by atoms with Crippen LogP contribution in [0.2, 0.25) is 0 Å². The molecular formula is C35H49N7O6S2. The quantitative estimate of drug-likeness (QED) is 0.133. The third-order valence-corrected chi connectivity index (χ3v) is 10.00. The van der Waals surface area contributed by atoms with E-state index in [4.69, 9.17) is 0 Å². The molecule has 0 bridgehead atoms. The highest BCUT2D eigenvalue weighted by molar-refractivity contribution is 7.92. The minimum Gasteiger partial charge on any atom is -0.355 e. The van der Waals surface area contributed by atoms with Gasteiger partial charge in [-0.05, 0) is 49.9 Å². The molecular weight excluding hydrogens is 679 g/mol. The Morgan fingerprint density at radius 3 is 2.08 bits per heavy atom. The number of nitrogens with one attached hydrogen (secondary N) is 5. The van der Waals surface area contributed by atoms with Gasteiger partial charge < -0.3 is 26.6 Å². The van der Waals surface area contributed by atoms with Crippen LogP contribution in [0.25, 0.3) is 0 Å². The number of hydrogen-bond donors (Lipinski definition) is 5. The number of amides is 4. The molecule has 272 valence electrons. The van der Waals surface area contributed by atoms with E-state index in [9.17, 15) is 27.6 Å². The lowest BCUT2D eigenvalue weighted by Crippen LogP contribution is -2.55. The van der Waals surface area contributed by atoms with Gasteiger partial charge in [-0.3, -0.25) is 23.5 Å². The molecule has 0 fully saturated rings. The van der Waals surface area contributed by atoms with Crippen LogP contribution in [-0.4, -0.2) is 81.5 Å². The molecule has 4 atom stereocenters. The monoisotopic (exact) mass is 727 g/mol. The number of aromatic nitrogens is 1. The van der Waals surface area contributed by atoms with Crippen molar-refractivity contribution in [3.63, 3.8) is 0 Å². The Morgan fingerprint density at radius 2 is 1.54 bits per heavy atom. The van der Waals surface area contributed by atoms with Crippen molar-refractivity contribution < 1.29 is 27.6 Å². The molecule has 5 N–H and O–H groups in total. The highest BCUT2D eigenvalue weighted by atomic mass is 32.2. The van der Waals surface area contributed by atoms with Crippen LogP contribution in [0, 0.1) is 5.92 Å². The zero-order valence-electron chi connectivity index (χ0n) is 29.6. The molecule has 4 amide bonds. The fourth-order valence-corrected chi connectivity index (χ4v) is 6.20. The van der Waals surface area contributed by atoms with Crippen LogP contribution < -0.4 is 30.9 Å². The van der Waals surface area contributed by atoms with Gasteiger partial charge in [-0.25, -0.2) is 13.4 Å². The minimum atomic E-state index is -3.73. The Labute approximate surface area is 299 Å². The summed E-state index contributed by atoms with van der Waals surface area (Å²) >= 11 is 1.41. The van der Waals surface area contributed by atoms with Crippen LogP contribution in [0.5, 0.6) is 0 Å². The van der Waals surface area contributed by atoms with Gasteiger partial charge in [-0.1, -0.05) is 51.1 Å². The summed E-state index contributed by atoms with van der Waals surface area (Å²) in [5, 5.41) is 16.5. The molecule has 0 saturated heterocycles. The lowest BCUT2D eigenvalue weighted by Gasteiger charge is -2.25. The average molecular weight is 728 g/mol. The summed E-state index contributed by atoms with van der Waals surface area (Å²) in [6, 6.07) is 11.5. The van der Waals surface area contributed by atoms with Crippen LogP contribution in [-0.2, 0) is 26.0 Å². The van der Waals surface area contributed by atoms with Gasteiger partial charge >= 0.3 is 0 Å². The molecule has 0 spiro atoms. The molecule has 50 heavy (non-hydrogen) atoms. The third-order valence-electron chi connectivity index (χ3n) is 8.15. The van der Waals surface area contributed by atoms with Crippen LogP contribution in [0.1, 0.15) is 79.1 Å². The zero-order valence-corrected chi connectivity index (χ0v) is 31.3. The average Bonchev–Trinajstić information content (AvgIpc) is 3.60. The number of hydrogen-bond acceptors (Lipinski definition) is 9. The standard InChI is InChI=1S/C35H49N7O6S2/c1-8-30(24-13-11-10-12-14-24)40-34(45)26-15-25(16-29(17-26)42(6)50(7,47)48)33(44)39-27(18-28-20-49-21-38-28)19-37-23(5)32(43)41-31(22(3)4)35(46)36-9-2/h10-17,20-23,27,30-31,37H,8-9,18-19H2,1-7H3,(H,36,46)(H,39,44)(H,40,45)(H,41,43)/t23-,27-,30+,31-/m0/s1. The first-order chi connectivity index (χ1) is 23.6. The number of sulfonamides is 1. The van der Waals surface area contributed by atoms with E-state index in [1.807, 2.05) is 63.4 Å². The second-order valence-electron chi connectivity index (χ2n) is 12.5. The summed E-state index contributed by atoms with van der Waals surface area (Å²) in [7, 11) is -2.38. The lowest BCUT2D eigenvalue weighted by atomic mass is 10.0. The first-order valence-electron chi connectivity index (χ1n) is 16.6. The van der Waals surface area contributed by atoms with Crippen LogP contribution in [0.15, 0.2) is 59.4 Å². The third kappa shape index (κ3) is 11.6. The summed E-state index contributed by atoms with van der Waals surface area (Å²) in [6.45, 7) is 9.72. The predicted molar refractivity (Wildman–Crippen MR) is 197 cm³/mol. The first-order valence-corrected chi connectivity index (χ1v) is 19.4. The topological polar surface area (TPSA) is 179 Å². The van der Waals surface area contributed by atoms with E-state index in [1.165, 1.54) is 36.6 Å².